The Morgan fingerprint density at radius 2 is 1.60 bits per heavy atom. The minimum atomic E-state index is -4.07. The number of hydrogen-bond donors (Lipinski definition) is 6. The zero-order valence-electron chi connectivity index (χ0n) is 27.2. The topological polar surface area (TPSA) is 240 Å². The van der Waals surface area contributed by atoms with Crippen LogP contribution in [-0.4, -0.2) is 166 Å². The fraction of sp³-hybridized carbons (Fsp3) is 0.821. The van der Waals surface area contributed by atoms with Crippen LogP contribution in [0.1, 0.15) is 39.0 Å². The SMILES string of the molecule is CC(=O)O.N=C(N)N1CCC[C@@H](CNC(=O)C[C@H](NS(=O)(=O)N2CCOCC2)C(=O)N(CCNC(=O)CN2CCOCC2)C2CC2)C1. The van der Waals surface area contributed by atoms with Gasteiger partial charge in [0.1, 0.15) is 6.04 Å². The number of ether oxygens (including phenoxy) is 2. The lowest BCUT2D eigenvalue weighted by Crippen LogP contribution is -2.56. The molecule has 0 spiro atoms. The molecule has 3 saturated heterocycles. The molecule has 3 heterocycles. The van der Waals surface area contributed by atoms with Gasteiger partial charge in [-0.2, -0.15) is 17.4 Å². The lowest BCUT2D eigenvalue weighted by molar-refractivity contribution is -0.136. The van der Waals surface area contributed by atoms with Crippen molar-refractivity contribution in [2.75, 3.05) is 91.9 Å². The molecular weight excluding hydrogens is 638 g/mol. The first kappa shape index (κ1) is 38.3. The second kappa shape index (κ2) is 19.0. The third-order valence-corrected chi connectivity index (χ3v) is 9.78. The molecule has 0 radical (unpaired) electrons. The third kappa shape index (κ3) is 13.9. The summed E-state index contributed by atoms with van der Waals surface area (Å²) >= 11 is 0. The minimum absolute atomic E-state index is 0.00309. The highest BCUT2D eigenvalue weighted by atomic mass is 32.2. The van der Waals surface area contributed by atoms with Crippen LogP contribution in [0.4, 0.5) is 0 Å². The van der Waals surface area contributed by atoms with E-state index in [0.717, 1.165) is 32.6 Å². The molecule has 0 bridgehead atoms. The summed E-state index contributed by atoms with van der Waals surface area (Å²) in [6.45, 7) is 6.67. The fourth-order valence-corrected chi connectivity index (χ4v) is 6.90. The van der Waals surface area contributed by atoms with Crippen LogP contribution in [0.25, 0.3) is 0 Å². The van der Waals surface area contributed by atoms with Crippen LogP contribution in [0.3, 0.4) is 0 Å². The molecule has 18 nitrogen and oxygen atoms in total. The summed E-state index contributed by atoms with van der Waals surface area (Å²) in [5, 5.41) is 20.8. The van der Waals surface area contributed by atoms with Crippen molar-refractivity contribution in [1.82, 2.24) is 34.4 Å². The number of rotatable bonds is 14. The Bertz CT molecular complexity index is 1170. The van der Waals surface area contributed by atoms with Crippen LogP contribution in [0.5, 0.6) is 0 Å². The highest BCUT2D eigenvalue weighted by Crippen LogP contribution is 2.27. The maximum absolute atomic E-state index is 13.8. The quantitative estimate of drug-likeness (QED) is 0.0799. The van der Waals surface area contributed by atoms with Gasteiger partial charge in [-0.05, 0) is 31.6 Å². The number of nitrogens with zero attached hydrogens (tertiary/aromatic N) is 4. The average molecular weight is 690 g/mol. The number of nitrogens with one attached hydrogen (secondary N) is 4. The number of carboxylic acids is 1. The molecule has 47 heavy (non-hydrogen) atoms. The van der Waals surface area contributed by atoms with Gasteiger partial charge in [-0.25, -0.2) is 0 Å². The fourth-order valence-electron chi connectivity index (χ4n) is 5.58. The lowest BCUT2D eigenvalue weighted by atomic mass is 9.98. The zero-order valence-corrected chi connectivity index (χ0v) is 28.0. The molecule has 7 N–H and O–H groups in total. The van der Waals surface area contributed by atoms with Gasteiger partial charge >= 0.3 is 0 Å². The Morgan fingerprint density at radius 1 is 0.979 bits per heavy atom. The van der Waals surface area contributed by atoms with E-state index in [4.69, 9.17) is 30.5 Å². The Kier molecular flexibility index (Phi) is 15.5. The molecule has 268 valence electrons. The summed E-state index contributed by atoms with van der Waals surface area (Å²) in [7, 11) is -4.07. The number of piperidine rings is 1. The van der Waals surface area contributed by atoms with E-state index in [1.807, 2.05) is 4.90 Å². The normalized spacial score (nSPS) is 21.5. The first-order chi connectivity index (χ1) is 22.4. The summed E-state index contributed by atoms with van der Waals surface area (Å²) in [4.78, 5) is 53.7. The van der Waals surface area contributed by atoms with Crippen LogP contribution in [0.2, 0.25) is 0 Å². The van der Waals surface area contributed by atoms with Crippen molar-refractivity contribution in [2.45, 2.75) is 51.1 Å². The number of carbonyl (C=O) groups is 4. The number of hydrogen-bond acceptors (Lipinski definition) is 10. The minimum Gasteiger partial charge on any atom is -0.481 e. The van der Waals surface area contributed by atoms with Gasteiger partial charge in [0.05, 0.1) is 39.4 Å². The monoisotopic (exact) mass is 689 g/mol. The van der Waals surface area contributed by atoms with Crippen molar-refractivity contribution in [3.63, 3.8) is 0 Å². The molecule has 2 atom stereocenters. The van der Waals surface area contributed by atoms with Crippen molar-refractivity contribution in [3.05, 3.63) is 0 Å². The summed E-state index contributed by atoms with van der Waals surface area (Å²) in [5.74, 6) is -1.84. The van der Waals surface area contributed by atoms with E-state index in [9.17, 15) is 22.8 Å². The molecule has 3 amide bonds. The van der Waals surface area contributed by atoms with Gasteiger partial charge < -0.3 is 40.7 Å². The van der Waals surface area contributed by atoms with Gasteiger partial charge in [0.2, 0.25) is 17.7 Å². The predicted molar refractivity (Wildman–Crippen MR) is 170 cm³/mol. The second-order valence-electron chi connectivity index (χ2n) is 12.1. The van der Waals surface area contributed by atoms with E-state index in [1.54, 1.807) is 9.80 Å². The number of guanidine groups is 1. The number of amides is 3. The van der Waals surface area contributed by atoms with Crippen molar-refractivity contribution in [2.24, 2.45) is 11.7 Å². The number of aliphatic carboxylic acids is 1. The van der Waals surface area contributed by atoms with Crippen molar-refractivity contribution >= 4 is 39.9 Å². The molecule has 0 aromatic rings. The molecular formula is C28H51N9O9S. The molecule has 4 rings (SSSR count). The van der Waals surface area contributed by atoms with Gasteiger partial charge in [0.15, 0.2) is 5.96 Å². The third-order valence-electron chi connectivity index (χ3n) is 8.15. The van der Waals surface area contributed by atoms with Crippen molar-refractivity contribution < 1.29 is 42.2 Å². The first-order valence-electron chi connectivity index (χ1n) is 16.1. The largest absolute Gasteiger partial charge is 0.481 e. The number of morpholine rings is 2. The average Bonchev–Trinajstić information content (AvgIpc) is 3.88. The maximum atomic E-state index is 13.8. The Hall–Kier alpha value is -3.10. The van der Waals surface area contributed by atoms with Crippen LogP contribution < -0.4 is 21.1 Å². The molecule has 0 aromatic heterocycles. The Balaban J connectivity index is 0.00000142. The van der Waals surface area contributed by atoms with E-state index < -0.39 is 34.0 Å². The van der Waals surface area contributed by atoms with Crippen LogP contribution >= 0.6 is 0 Å². The van der Waals surface area contributed by atoms with E-state index >= 15 is 0 Å². The standard InChI is InChI=1S/C26H47N9O7S.C2H4O2/c27-26(28)33-6-1-2-20(18-33)17-30-23(36)16-22(31-43(39,40)34-10-14-42-15-11-34)25(38)35(21-3-4-21)7-5-29-24(37)19-32-8-12-41-13-9-32;1-2(3)4/h20-22,31H,1-19H2,(H3,27,28)(H,29,37)(H,30,36);1H3,(H,3,4)/t20-,22-;/m0./s1. The second-order valence-corrected chi connectivity index (χ2v) is 13.8. The molecule has 4 aliphatic rings. The Labute approximate surface area is 276 Å². The van der Waals surface area contributed by atoms with Crippen LogP contribution in [0, 0.1) is 11.3 Å². The smallest absolute Gasteiger partial charge is 0.300 e. The van der Waals surface area contributed by atoms with Crippen molar-refractivity contribution in [1.29, 1.82) is 5.41 Å². The van der Waals surface area contributed by atoms with E-state index in [2.05, 4.69) is 15.4 Å². The molecule has 3 aliphatic heterocycles. The molecule has 19 heteroatoms. The van der Waals surface area contributed by atoms with E-state index in [-0.39, 0.29) is 76.2 Å². The van der Waals surface area contributed by atoms with Gasteiger partial charge in [0.25, 0.3) is 16.2 Å². The van der Waals surface area contributed by atoms with Gasteiger partial charge in [-0.15, -0.1) is 0 Å². The maximum Gasteiger partial charge on any atom is 0.300 e. The lowest BCUT2D eigenvalue weighted by Gasteiger charge is -2.33. The molecule has 1 saturated carbocycles. The van der Waals surface area contributed by atoms with E-state index in [0.29, 0.717) is 45.9 Å². The van der Waals surface area contributed by atoms with E-state index in [1.165, 1.54) is 4.31 Å². The summed E-state index contributed by atoms with van der Waals surface area (Å²) < 4.78 is 40.8. The zero-order chi connectivity index (χ0) is 34.4. The highest BCUT2D eigenvalue weighted by Gasteiger charge is 2.39. The molecule has 0 aromatic carbocycles. The summed E-state index contributed by atoms with van der Waals surface area (Å²) in [6, 6.07) is -1.38. The van der Waals surface area contributed by atoms with Crippen LogP contribution in [-0.2, 0) is 38.9 Å². The van der Waals surface area contributed by atoms with Gasteiger partial charge in [-0.1, -0.05) is 0 Å². The predicted octanol–water partition coefficient (Wildman–Crippen LogP) is -2.84. The number of carbonyl (C=O) groups excluding carboxylic acids is 3. The molecule has 4 fully saturated rings. The van der Waals surface area contributed by atoms with Crippen LogP contribution in [0.15, 0.2) is 0 Å². The number of nitrogens with two attached hydrogens (primary N) is 1. The summed E-state index contributed by atoms with van der Waals surface area (Å²) in [6.07, 6.45) is 2.90. The highest BCUT2D eigenvalue weighted by molar-refractivity contribution is 7.87. The number of likely N-dealkylation sites (tertiary alicyclic amines) is 1. The summed E-state index contributed by atoms with van der Waals surface area (Å²) in [5.41, 5.74) is 5.63. The molecule has 1 aliphatic carbocycles. The van der Waals surface area contributed by atoms with Gasteiger partial charge in [0, 0.05) is 71.9 Å². The Morgan fingerprint density at radius 3 is 2.19 bits per heavy atom. The van der Waals surface area contributed by atoms with Gasteiger partial charge in [-0.3, -0.25) is 29.5 Å². The first-order valence-corrected chi connectivity index (χ1v) is 17.6. The number of carboxylic acid groups (broad SMARTS) is 1. The molecule has 0 unspecified atom stereocenters. The van der Waals surface area contributed by atoms with Crippen molar-refractivity contribution in [3.8, 4) is 0 Å².